The first kappa shape index (κ1) is 13.1. The van der Waals surface area contributed by atoms with E-state index in [9.17, 15) is 4.39 Å². The van der Waals surface area contributed by atoms with Crippen LogP contribution < -0.4 is 5.32 Å². The summed E-state index contributed by atoms with van der Waals surface area (Å²) in [6.07, 6.45) is 6.39. The molecule has 0 spiro atoms. The lowest BCUT2D eigenvalue weighted by atomic mass is 9.99. The first-order valence-corrected chi connectivity index (χ1v) is 7.55. The van der Waals surface area contributed by atoms with E-state index in [1.807, 2.05) is 12.1 Å². The molecule has 104 valence electrons. The van der Waals surface area contributed by atoms with Gasteiger partial charge in [0.05, 0.1) is 0 Å². The fourth-order valence-electron chi connectivity index (χ4n) is 3.54. The van der Waals surface area contributed by atoms with Crippen molar-refractivity contribution >= 4 is 0 Å². The minimum Gasteiger partial charge on any atom is -0.312 e. The standard InChI is InChI=1S/C16H23FN2/c17-14-6-4-13(5-7-14)8-10-18-15-9-12-19-11-2-1-3-16(15)19/h4-7,15-16,18H,1-3,8-12H2. The van der Waals surface area contributed by atoms with Gasteiger partial charge in [-0.05, 0) is 56.5 Å². The van der Waals surface area contributed by atoms with E-state index in [1.165, 1.54) is 44.3 Å². The van der Waals surface area contributed by atoms with Gasteiger partial charge in [0.1, 0.15) is 5.82 Å². The second-order valence-corrected chi connectivity index (χ2v) is 5.82. The maximum Gasteiger partial charge on any atom is 0.123 e. The second kappa shape index (κ2) is 6.02. The summed E-state index contributed by atoms with van der Waals surface area (Å²) in [4.78, 5) is 2.65. The van der Waals surface area contributed by atoms with Gasteiger partial charge in [-0.3, -0.25) is 4.90 Å². The van der Waals surface area contributed by atoms with E-state index in [2.05, 4.69) is 10.2 Å². The highest BCUT2D eigenvalue weighted by molar-refractivity contribution is 5.16. The summed E-state index contributed by atoms with van der Waals surface area (Å²) in [7, 11) is 0. The number of nitrogens with zero attached hydrogens (tertiary/aromatic N) is 1. The van der Waals surface area contributed by atoms with Crippen molar-refractivity contribution in [3.8, 4) is 0 Å². The molecule has 1 N–H and O–H groups in total. The van der Waals surface area contributed by atoms with Gasteiger partial charge in [0, 0.05) is 18.6 Å². The third-order valence-corrected chi connectivity index (χ3v) is 4.59. The number of halogens is 1. The molecule has 2 unspecified atom stereocenters. The predicted octanol–water partition coefficient (Wildman–Crippen LogP) is 2.58. The third-order valence-electron chi connectivity index (χ3n) is 4.59. The number of hydrogen-bond donors (Lipinski definition) is 1. The molecule has 2 aliphatic rings. The van der Waals surface area contributed by atoms with E-state index in [-0.39, 0.29) is 5.82 Å². The zero-order chi connectivity index (χ0) is 13.1. The van der Waals surface area contributed by atoms with Crippen LogP contribution in [0.25, 0.3) is 0 Å². The highest BCUT2D eigenvalue weighted by Gasteiger charge is 2.34. The van der Waals surface area contributed by atoms with Crippen LogP contribution in [0, 0.1) is 5.82 Å². The van der Waals surface area contributed by atoms with Crippen LogP contribution >= 0.6 is 0 Å². The molecular formula is C16H23FN2. The molecule has 0 aliphatic carbocycles. The fourth-order valence-corrected chi connectivity index (χ4v) is 3.54. The Bertz CT molecular complexity index is 404. The highest BCUT2D eigenvalue weighted by Crippen LogP contribution is 2.26. The molecule has 0 amide bonds. The highest BCUT2D eigenvalue weighted by atomic mass is 19.1. The molecule has 2 atom stereocenters. The molecule has 3 rings (SSSR count). The Balaban J connectivity index is 1.46. The normalized spacial score (nSPS) is 27.4. The monoisotopic (exact) mass is 262 g/mol. The van der Waals surface area contributed by atoms with Crippen LogP contribution in [-0.2, 0) is 6.42 Å². The van der Waals surface area contributed by atoms with E-state index in [0.29, 0.717) is 6.04 Å². The Morgan fingerprint density at radius 2 is 1.95 bits per heavy atom. The van der Waals surface area contributed by atoms with Crippen molar-refractivity contribution in [1.29, 1.82) is 0 Å². The molecule has 0 aromatic heterocycles. The van der Waals surface area contributed by atoms with Crippen molar-refractivity contribution in [2.45, 2.75) is 44.2 Å². The van der Waals surface area contributed by atoms with Crippen molar-refractivity contribution in [3.63, 3.8) is 0 Å². The first-order chi connectivity index (χ1) is 9.33. The van der Waals surface area contributed by atoms with Gasteiger partial charge in [0.15, 0.2) is 0 Å². The van der Waals surface area contributed by atoms with E-state index >= 15 is 0 Å². The van der Waals surface area contributed by atoms with Crippen LogP contribution in [0.5, 0.6) is 0 Å². The zero-order valence-corrected chi connectivity index (χ0v) is 11.4. The molecular weight excluding hydrogens is 239 g/mol. The minimum atomic E-state index is -0.148. The Morgan fingerprint density at radius 3 is 2.79 bits per heavy atom. The molecule has 0 saturated carbocycles. The quantitative estimate of drug-likeness (QED) is 0.897. The predicted molar refractivity (Wildman–Crippen MR) is 75.7 cm³/mol. The summed E-state index contributed by atoms with van der Waals surface area (Å²) in [6.45, 7) is 3.56. The van der Waals surface area contributed by atoms with Gasteiger partial charge in [0.2, 0.25) is 0 Å². The average molecular weight is 262 g/mol. The molecule has 1 aromatic carbocycles. The lowest BCUT2D eigenvalue weighted by Crippen LogP contribution is -2.45. The van der Waals surface area contributed by atoms with Crippen molar-refractivity contribution < 1.29 is 4.39 Å². The molecule has 19 heavy (non-hydrogen) atoms. The number of nitrogens with one attached hydrogen (secondary N) is 1. The summed E-state index contributed by atoms with van der Waals surface area (Å²) in [6, 6.07) is 8.31. The largest absolute Gasteiger partial charge is 0.312 e. The zero-order valence-electron chi connectivity index (χ0n) is 11.4. The average Bonchev–Trinajstić information content (AvgIpc) is 2.85. The summed E-state index contributed by atoms with van der Waals surface area (Å²) < 4.78 is 12.8. The van der Waals surface area contributed by atoms with E-state index < -0.39 is 0 Å². The van der Waals surface area contributed by atoms with Crippen LogP contribution in [0.1, 0.15) is 31.2 Å². The Kier molecular flexibility index (Phi) is 4.14. The summed E-state index contributed by atoms with van der Waals surface area (Å²) >= 11 is 0. The van der Waals surface area contributed by atoms with Gasteiger partial charge in [-0.15, -0.1) is 0 Å². The lowest BCUT2D eigenvalue weighted by molar-refractivity contribution is 0.181. The van der Waals surface area contributed by atoms with E-state index in [1.54, 1.807) is 12.1 Å². The lowest BCUT2D eigenvalue weighted by Gasteiger charge is -2.32. The van der Waals surface area contributed by atoms with Gasteiger partial charge in [-0.2, -0.15) is 0 Å². The molecule has 3 heteroatoms. The van der Waals surface area contributed by atoms with Crippen LogP contribution in [0.15, 0.2) is 24.3 Å². The molecule has 1 aromatic rings. The number of benzene rings is 1. The fraction of sp³-hybridized carbons (Fsp3) is 0.625. The maximum absolute atomic E-state index is 12.8. The van der Waals surface area contributed by atoms with Crippen LogP contribution in [0.3, 0.4) is 0 Å². The van der Waals surface area contributed by atoms with Gasteiger partial charge in [0.25, 0.3) is 0 Å². The van der Waals surface area contributed by atoms with Crippen LogP contribution in [0.2, 0.25) is 0 Å². The van der Waals surface area contributed by atoms with Crippen molar-refractivity contribution in [2.24, 2.45) is 0 Å². The molecule has 2 saturated heterocycles. The van der Waals surface area contributed by atoms with Crippen LogP contribution in [-0.4, -0.2) is 36.6 Å². The summed E-state index contributed by atoms with van der Waals surface area (Å²) in [5, 5.41) is 3.71. The molecule has 0 radical (unpaired) electrons. The number of hydrogen-bond acceptors (Lipinski definition) is 2. The van der Waals surface area contributed by atoms with E-state index in [4.69, 9.17) is 0 Å². The molecule has 2 aliphatic heterocycles. The smallest absolute Gasteiger partial charge is 0.123 e. The Morgan fingerprint density at radius 1 is 1.11 bits per heavy atom. The molecule has 2 fully saturated rings. The summed E-state index contributed by atoms with van der Waals surface area (Å²) in [5.74, 6) is -0.148. The van der Waals surface area contributed by atoms with Crippen molar-refractivity contribution in [3.05, 3.63) is 35.6 Å². The third kappa shape index (κ3) is 3.15. The van der Waals surface area contributed by atoms with Gasteiger partial charge < -0.3 is 5.32 Å². The topological polar surface area (TPSA) is 15.3 Å². The van der Waals surface area contributed by atoms with Gasteiger partial charge >= 0.3 is 0 Å². The minimum absolute atomic E-state index is 0.148. The number of rotatable bonds is 4. The molecule has 0 bridgehead atoms. The summed E-state index contributed by atoms with van der Waals surface area (Å²) in [5.41, 5.74) is 1.22. The van der Waals surface area contributed by atoms with Crippen molar-refractivity contribution in [2.75, 3.05) is 19.6 Å². The van der Waals surface area contributed by atoms with Crippen LogP contribution in [0.4, 0.5) is 4.39 Å². The number of piperidine rings is 1. The maximum atomic E-state index is 12.8. The Labute approximate surface area is 115 Å². The van der Waals surface area contributed by atoms with Crippen molar-refractivity contribution in [1.82, 2.24) is 10.2 Å². The Hall–Kier alpha value is -0.930. The second-order valence-electron chi connectivity index (χ2n) is 5.82. The van der Waals surface area contributed by atoms with Gasteiger partial charge in [-0.1, -0.05) is 18.6 Å². The number of fused-ring (bicyclic) bond motifs is 1. The SMILES string of the molecule is Fc1ccc(CCNC2CCN3CCCCC23)cc1. The molecule has 2 heterocycles. The first-order valence-electron chi connectivity index (χ1n) is 7.55. The van der Waals surface area contributed by atoms with Gasteiger partial charge in [-0.25, -0.2) is 4.39 Å². The van der Waals surface area contributed by atoms with E-state index in [0.717, 1.165) is 19.0 Å². The molecule has 2 nitrogen and oxygen atoms in total.